The van der Waals surface area contributed by atoms with E-state index >= 15 is 0 Å². The number of rotatable bonds is 9. The summed E-state index contributed by atoms with van der Waals surface area (Å²) in [5.41, 5.74) is 0.648. The van der Waals surface area contributed by atoms with Gasteiger partial charge in [-0.15, -0.1) is 0 Å². The number of benzene rings is 2. The Balaban J connectivity index is 2.21. The van der Waals surface area contributed by atoms with E-state index in [-0.39, 0.29) is 21.4 Å². The molecule has 3 atom stereocenters. The fraction of sp³-hybridized carbons (Fsp3) is 0.593. The van der Waals surface area contributed by atoms with Crippen LogP contribution in [0.1, 0.15) is 58.9 Å². The van der Waals surface area contributed by atoms with Gasteiger partial charge in [-0.2, -0.15) is 0 Å². The SMILES string of the molecule is CC[Si](CC)(CC)OC(C)(C)[C@@H]1CCC(=O)C(I)[C@H]1c1c(OC)cc2ccccc2c1OC. The molecule has 0 aromatic heterocycles. The lowest BCUT2D eigenvalue weighted by atomic mass is 9.67. The van der Waals surface area contributed by atoms with E-state index in [1.807, 2.05) is 12.1 Å². The summed E-state index contributed by atoms with van der Waals surface area (Å²) in [7, 11) is 1.58. The van der Waals surface area contributed by atoms with Crippen LogP contribution < -0.4 is 9.47 Å². The largest absolute Gasteiger partial charge is 0.496 e. The predicted octanol–water partition coefficient (Wildman–Crippen LogP) is 7.52. The van der Waals surface area contributed by atoms with Gasteiger partial charge in [-0.1, -0.05) is 67.6 Å². The molecule has 4 nitrogen and oxygen atoms in total. The van der Waals surface area contributed by atoms with Crippen LogP contribution in [0.4, 0.5) is 0 Å². The highest BCUT2D eigenvalue weighted by molar-refractivity contribution is 14.1. The molecule has 6 heteroatoms. The van der Waals surface area contributed by atoms with Crippen LogP contribution in [0, 0.1) is 5.92 Å². The average molecular weight is 583 g/mol. The third-order valence-electron chi connectivity index (χ3n) is 7.82. The fourth-order valence-corrected chi connectivity index (χ4v) is 10.1. The molecule has 0 bridgehead atoms. The van der Waals surface area contributed by atoms with Crippen LogP contribution in [0.2, 0.25) is 18.1 Å². The summed E-state index contributed by atoms with van der Waals surface area (Å²) in [5.74, 6) is 2.04. The quantitative estimate of drug-likeness (QED) is 0.174. The molecule has 1 saturated carbocycles. The van der Waals surface area contributed by atoms with E-state index in [2.05, 4.69) is 75.4 Å². The maximum atomic E-state index is 13.0. The lowest BCUT2D eigenvalue weighted by molar-refractivity contribution is -0.122. The Bertz CT molecular complexity index is 977. The molecular formula is C27H39IO4Si. The van der Waals surface area contributed by atoms with Crippen LogP contribution in [-0.4, -0.2) is 37.8 Å². The molecule has 1 fully saturated rings. The minimum absolute atomic E-state index is 0.0476. The maximum absolute atomic E-state index is 13.0. The maximum Gasteiger partial charge on any atom is 0.192 e. The highest BCUT2D eigenvalue weighted by Gasteiger charge is 2.50. The van der Waals surface area contributed by atoms with Crippen molar-refractivity contribution < 1.29 is 18.7 Å². The minimum atomic E-state index is -1.84. The third-order valence-corrected chi connectivity index (χ3v) is 14.1. The van der Waals surface area contributed by atoms with E-state index in [4.69, 9.17) is 13.9 Å². The molecule has 0 spiro atoms. The fourth-order valence-electron chi connectivity index (χ4n) is 5.76. The number of Topliss-reactive ketones (excluding diaryl/α,β-unsaturated/α-hetero) is 1. The van der Waals surface area contributed by atoms with Crippen molar-refractivity contribution in [3.05, 3.63) is 35.9 Å². The van der Waals surface area contributed by atoms with Crippen LogP contribution in [0.3, 0.4) is 0 Å². The number of carbonyl (C=O) groups is 1. The Morgan fingerprint density at radius 2 is 1.70 bits per heavy atom. The molecule has 0 heterocycles. The second-order valence-corrected chi connectivity index (χ2v) is 15.8. The lowest BCUT2D eigenvalue weighted by Crippen LogP contribution is -2.52. The first-order valence-corrected chi connectivity index (χ1v) is 16.0. The number of ether oxygens (including phenoxy) is 2. The first-order chi connectivity index (χ1) is 15.7. The van der Waals surface area contributed by atoms with Gasteiger partial charge in [-0.05, 0) is 55.8 Å². The monoisotopic (exact) mass is 582 g/mol. The molecule has 1 aliphatic rings. The molecule has 0 aliphatic heterocycles. The number of hydrogen-bond donors (Lipinski definition) is 0. The van der Waals surface area contributed by atoms with Gasteiger partial charge in [0.05, 0.1) is 23.7 Å². The number of methoxy groups -OCH3 is 2. The van der Waals surface area contributed by atoms with Crippen molar-refractivity contribution in [2.75, 3.05) is 14.2 Å². The van der Waals surface area contributed by atoms with E-state index in [9.17, 15) is 4.79 Å². The van der Waals surface area contributed by atoms with Crippen LogP contribution in [0.15, 0.2) is 30.3 Å². The van der Waals surface area contributed by atoms with E-state index in [1.165, 1.54) is 0 Å². The summed E-state index contributed by atoms with van der Waals surface area (Å²) in [6.45, 7) is 11.3. The molecule has 182 valence electrons. The normalized spacial score (nSPS) is 21.9. The number of carbonyl (C=O) groups excluding carboxylic acids is 1. The van der Waals surface area contributed by atoms with Crippen molar-refractivity contribution in [2.24, 2.45) is 5.92 Å². The minimum Gasteiger partial charge on any atom is -0.496 e. The third kappa shape index (κ3) is 4.98. The summed E-state index contributed by atoms with van der Waals surface area (Å²) >= 11 is 2.35. The highest BCUT2D eigenvalue weighted by Crippen LogP contribution is 2.53. The Labute approximate surface area is 214 Å². The van der Waals surface area contributed by atoms with Crippen molar-refractivity contribution in [3.8, 4) is 11.5 Å². The number of alkyl halides is 1. The van der Waals surface area contributed by atoms with Gasteiger partial charge in [0.2, 0.25) is 0 Å². The zero-order valence-corrected chi connectivity index (χ0v) is 24.3. The Morgan fingerprint density at radius 3 is 2.27 bits per heavy atom. The van der Waals surface area contributed by atoms with E-state index < -0.39 is 8.32 Å². The van der Waals surface area contributed by atoms with Crippen molar-refractivity contribution in [2.45, 2.75) is 81.0 Å². The standard InChI is InChI=1S/C27H39IO4Si/c1-8-33(9-2,10-3)32-27(4,5)20-15-16-21(29)25(28)23(20)24-22(30-6)17-18-13-11-12-14-19(18)26(24)31-7/h11-14,17,20,23,25H,8-10,15-16H2,1-7H3/t20-,23-,25?/m1/s1. The van der Waals surface area contributed by atoms with Gasteiger partial charge in [-0.25, -0.2) is 0 Å². The van der Waals surface area contributed by atoms with Gasteiger partial charge in [-0.3, -0.25) is 4.79 Å². The summed E-state index contributed by atoms with van der Waals surface area (Å²) in [6, 6.07) is 13.6. The van der Waals surface area contributed by atoms with Crippen LogP contribution in [0.5, 0.6) is 11.5 Å². The zero-order chi connectivity index (χ0) is 24.4. The molecular weight excluding hydrogens is 543 g/mol. The molecule has 3 rings (SSSR count). The van der Waals surface area contributed by atoms with Gasteiger partial charge < -0.3 is 13.9 Å². The van der Waals surface area contributed by atoms with Crippen molar-refractivity contribution in [1.29, 1.82) is 0 Å². The first-order valence-electron chi connectivity index (χ1n) is 12.2. The number of ketones is 1. The topological polar surface area (TPSA) is 44.8 Å². The second kappa shape index (κ2) is 10.6. The Hall–Kier alpha value is -1.12. The van der Waals surface area contributed by atoms with Crippen molar-refractivity contribution in [1.82, 2.24) is 0 Å². The van der Waals surface area contributed by atoms with E-state index in [0.29, 0.717) is 12.2 Å². The van der Waals surface area contributed by atoms with Gasteiger partial charge in [0.1, 0.15) is 17.3 Å². The van der Waals surface area contributed by atoms with Gasteiger partial charge in [0, 0.05) is 23.3 Å². The van der Waals surface area contributed by atoms with Gasteiger partial charge in [0.15, 0.2) is 8.32 Å². The lowest BCUT2D eigenvalue weighted by Gasteiger charge is -2.48. The number of halogens is 1. The molecule has 0 amide bonds. The van der Waals surface area contributed by atoms with Gasteiger partial charge in [0.25, 0.3) is 0 Å². The summed E-state index contributed by atoms with van der Waals surface area (Å²) in [4.78, 5) is 13.0. The molecule has 1 aliphatic carbocycles. The molecule has 2 aromatic rings. The average Bonchev–Trinajstić information content (AvgIpc) is 2.82. The van der Waals surface area contributed by atoms with Crippen molar-refractivity contribution >= 4 is 47.5 Å². The summed E-state index contributed by atoms with van der Waals surface area (Å²) in [6.07, 6.45) is 1.41. The molecule has 33 heavy (non-hydrogen) atoms. The van der Waals surface area contributed by atoms with Crippen molar-refractivity contribution in [3.63, 3.8) is 0 Å². The van der Waals surface area contributed by atoms with Gasteiger partial charge >= 0.3 is 0 Å². The smallest absolute Gasteiger partial charge is 0.192 e. The molecule has 0 saturated heterocycles. The highest BCUT2D eigenvalue weighted by atomic mass is 127. The molecule has 1 unspecified atom stereocenters. The van der Waals surface area contributed by atoms with E-state index in [1.54, 1.807) is 14.2 Å². The zero-order valence-electron chi connectivity index (χ0n) is 21.2. The Morgan fingerprint density at radius 1 is 1.06 bits per heavy atom. The molecule has 0 N–H and O–H groups in total. The Kier molecular flexibility index (Phi) is 8.54. The first kappa shape index (κ1) is 26.5. The number of hydrogen-bond acceptors (Lipinski definition) is 4. The van der Waals surface area contributed by atoms with Crippen LogP contribution in [0.25, 0.3) is 10.8 Å². The van der Waals surface area contributed by atoms with Crippen LogP contribution in [-0.2, 0) is 9.22 Å². The molecule has 0 radical (unpaired) electrons. The van der Waals surface area contributed by atoms with E-state index in [0.717, 1.165) is 52.4 Å². The summed E-state index contributed by atoms with van der Waals surface area (Å²) < 4.78 is 18.9. The second-order valence-electron chi connectivity index (χ2n) is 9.74. The predicted molar refractivity (Wildman–Crippen MR) is 148 cm³/mol. The number of fused-ring (bicyclic) bond motifs is 1. The molecule has 2 aromatic carbocycles. The van der Waals surface area contributed by atoms with Crippen LogP contribution >= 0.6 is 22.6 Å². The summed E-state index contributed by atoms with van der Waals surface area (Å²) in [5, 5.41) is 2.12.